The highest BCUT2D eigenvalue weighted by Gasteiger charge is 2.31. The van der Waals surface area contributed by atoms with Gasteiger partial charge in [-0.1, -0.05) is 12.1 Å². The average Bonchev–Trinajstić information content (AvgIpc) is 2.81. The number of halogens is 3. The van der Waals surface area contributed by atoms with Crippen LogP contribution >= 0.6 is 0 Å². The van der Waals surface area contributed by atoms with Crippen LogP contribution in [-0.2, 0) is 6.54 Å². The minimum Gasteiger partial charge on any atom is -0.406 e. The van der Waals surface area contributed by atoms with Gasteiger partial charge in [0.1, 0.15) is 5.75 Å². The number of alkyl halides is 3. The highest BCUT2D eigenvalue weighted by atomic mass is 19.4. The van der Waals surface area contributed by atoms with Gasteiger partial charge in [0.15, 0.2) is 0 Å². The lowest BCUT2D eigenvalue weighted by atomic mass is 10.1. The summed E-state index contributed by atoms with van der Waals surface area (Å²) in [5, 5.41) is 0. The highest BCUT2D eigenvalue weighted by molar-refractivity contribution is 5.95. The maximum atomic E-state index is 12.8. The molecule has 0 saturated carbocycles. The number of amides is 1. The van der Waals surface area contributed by atoms with Crippen molar-refractivity contribution < 1.29 is 22.7 Å². The van der Waals surface area contributed by atoms with Crippen molar-refractivity contribution in [3.8, 4) is 5.75 Å². The van der Waals surface area contributed by atoms with E-state index in [1.54, 1.807) is 11.9 Å². The van der Waals surface area contributed by atoms with E-state index >= 15 is 0 Å². The number of hydrogen-bond acceptors (Lipinski definition) is 2. The summed E-state index contributed by atoms with van der Waals surface area (Å²) in [5.41, 5.74) is 3.27. The van der Waals surface area contributed by atoms with Crippen LogP contribution in [0, 0.1) is 13.8 Å². The minimum absolute atomic E-state index is 0.124. The molecule has 1 heterocycles. The summed E-state index contributed by atoms with van der Waals surface area (Å²) in [7, 11) is 1.67. The van der Waals surface area contributed by atoms with Gasteiger partial charge < -0.3 is 14.2 Å². The first kappa shape index (κ1) is 19.9. The molecule has 0 N–H and O–H groups in total. The Hall–Kier alpha value is -2.44. The number of carbonyl (C=O) groups is 1. The van der Waals surface area contributed by atoms with Gasteiger partial charge in [-0.2, -0.15) is 0 Å². The lowest BCUT2D eigenvalue weighted by Crippen LogP contribution is -2.26. The molecule has 2 rings (SSSR count). The lowest BCUT2D eigenvalue weighted by Gasteiger charge is -2.18. The van der Waals surface area contributed by atoms with Crippen molar-refractivity contribution in [3.63, 3.8) is 0 Å². The predicted octanol–water partition coefficient (Wildman–Crippen LogP) is 4.86. The van der Waals surface area contributed by atoms with Crippen LogP contribution in [0.3, 0.4) is 0 Å². The third kappa shape index (κ3) is 4.59. The first-order chi connectivity index (χ1) is 12.0. The maximum Gasteiger partial charge on any atom is 0.573 e. The summed E-state index contributed by atoms with van der Waals surface area (Å²) >= 11 is 0. The van der Waals surface area contributed by atoms with Crippen LogP contribution < -0.4 is 4.74 Å². The Balaban J connectivity index is 2.11. The lowest BCUT2D eigenvalue weighted by molar-refractivity contribution is -0.274. The van der Waals surface area contributed by atoms with E-state index in [0.29, 0.717) is 11.1 Å². The van der Waals surface area contributed by atoms with Gasteiger partial charge in [0.2, 0.25) is 0 Å². The van der Waals surface area contributed by atoms with Crippen molar-refractivity contribution in [1.82, 2.24) is 9.47 Å². The number of ether oxygens (including phenoxy) is 1. The minimum atomic E-state index is -4.72. The topological polar surface area (TPSA) is 34.5 Å². The Morgan fingerprint density at radius 3 is 2.23 bits per heavy atom. The van der Waals surface area contributed by atoms with E-state index in [0.717, 1.165) is 11.4 Å². The monoisotopic (exact) mass is 368 g/mol. The molecular weight excluding hydrogens is 345 g/mol. The summed E-state index contributed by atoms with van der Waals surface area (Å²) in [4.78, 5) is 14.3. The van der Waals surface area contributed by atoms with Crippen molar-refractivity contribution >= 4 is 5.91 Å². The number of rotatable bonds is 5. The van der Waals surface area contributed by atoms with Crippen LogP contribution in [0.5, 0.6) is 5.75 Å². The molecule has 7 heteroatoms. The van der Waals surface area contributed by atoms with Crippen LogP contribution in [0.15, 0.2) is 30.3 Å². The molecule has 0 saturated heterocycles. The molecule has 2 aromatic rings. The van der Waals surface area contributed by atoms with Gasteiger partial charge in [-0.05, 0) is 51.5 Å². The fraction of sp³-hybridized carbons (Fsp3) is 0.421. The molecule has 0 spiro atoms. The largest absolute Gasteiger partial charge is 0.573 e. The van der Waals surface area contributed by atoms with Crippen LogP contribution in [0.1, 0.15) is 47.2 Å². The second-order valence-electron chi connectivity index (χ2n) is 6.60. The maximum absolute atomic E-state index is 12.8. The Morgan fingerprint density at radius 1 is 1.19 bits per heavy atom. The molecule has 4 nitrogen and oxygen atoms in total. The highest BCUT2D eigenvalue weighted by Crippen LogP contribution is 2.24. The molecule has 142 valence electrons. The summed E-state index contributed by atoms with van der Waals surface area (Å²) in [5.74, 6) is -0.406. The molecule has 0 aliphatic heterocycles. The molecule has 0 radical (unpaired) electrons. The van der Waals surface area contributed by atoms with Crippen molar-refractivity contribution in [2.75, 3.05) is 7.05 Å². The number of nitrogens with zero attached hydrogens (tertiary/aromatic N) is 2. The second-order valence-corrected chi connectivity index (χ2v) is 6.60. The zero-order valence-corrected chi connectivity index (χ0v) is 15.5. The second kappa shape index (κ2) is 7.43. The molecule has 1 aromatic heterocycles. The summed E-state index contributed by atoms with van der Waals surface area (Å²) in [6, 6.07) is 7.64. The Kier molecular flexibility index (Phi) is 5.68. The van der Waals surface area contributed by atoms with Crippen molar-refractivity contribution in [1.29, 1.82) is 0 Å². The van der Waals surface area contributed by atoms with Crippen molar-refractivity contribution in [3.05, 3.63) is 52.8 Å². The predicted molar refractivity (Wildman–Crippen MR) is 93.2 cm³/mol. The number of carbonyl (C=O) groups excluding carboxylic acids is 1. The van der Waals surface area contributed by atoms with E-state index in [2.05, 4.69) is 23.2 Å². The molecule has 1 amide bonds. The quantitative estimate of drug-likeness (QED) is 0.756. The van der Waals surface area contributed by atoms with Crippen LogP contribution in [0.25, 0.3) is 0 Å². The summed E-state index contributed by atoms with van der Waals surface area (Å²) < 4.78 is 42.5. The van der Waals surface area contributed by atoms with Gasteiger partial charge in [0.05, 0.1) is 5.56 Å². The number of aryl methyl sites for hydroxylation is 1. The fourth-order valence-corrected chi connectivity index (χ4v) is 3.14. The van der Waals surface area contributed by atoms with Gasteiger partial charge in [0.25, 0.3) is 5.91 Å². The third-order valence-corrected chi connectivity index (χ3v) is 4.15. The van der Waals surface area contributed by atoms with E-state index in [1.165, 1.54) is 24.3 Å². The Bertz CT molecular complexity index is 777. The standard InChI is InChI=1S/C19H23F3N2O2/c1-12(2)24-13(3)10-17(14(24)4)18(25)23(5)11-15-6-8-16(9-7-15)26-19(20,21)22/h6-10,12H,11H2,1-5H3. The zero-order valence-electron chi connectivity index (χ0n) is 15.5. The van der Waals surface area contributed by atoms with Gasteiger partial charge in [-0.25, -0.2) is 0 Å². The fourth-order valence-electron chi connectivity index (χ4n) is 3.14. The molecule has 0 aliphatic rings. The summed E-state index contributed by atoms with van der Waals surface area (Å²) in [6.45, 7) is 8.28. The van der Waals surface area contributed by atoms with Crippen molar-refractivity contribution in [2.24, 2.45) is 0 Å². The van der Waals surface area contributed by atoms with E-state index < -0.39 is 6.36 Å². The average molecular weight is 368 g/mol. The van der Waals surface area contributed by atoms with E-state index in [1.807, 2.05) is 19.9 Å². The molecule has 0 aliphatic carbocycles. The molecule has 0 atom stereocenters. The molecular formula is C19H23F3N2O2. The number of aromatic nitrogens is 1. The van der Waals surface area contributed by atoms with E-state index in [-0.39, 0.29) is 24.2 Å². The number of benzene rings is 1. The van der Waals surface area contributed by atoms with E-state index in [9.17, 15) is 18.0 Å². The van der Waals surface area contributed by atoms with Crippen LogP contribution in [0.2, 0.25) is 0 Å². The summed E-state index contributed by atoms with van der Waals surface area (Å²) in [6.07, 6.45) is -4.72. The smallest absolute Gasteiger partial charge is 0.406 e. The van der Waals surface area contributed by atoms with Crippen LogP contribution in [-0.4, -0.2) is 28.8 Å². The Labute approximate surface area is 151 Å². The molecule has 26 heavy (non-hydrogen) atoms. The Morgan fingerprint density at radius 2 is 1.77 bits per heavy atom. The van der Waals surface area contributed by atoms with Gasteiger partial charge in [-0.3, -0.25) is 4.79 Å². The van der Waals surface area contributed by atoms with Gasteiger partial charge in [-0.15, -0.1) is 13.2 Å². The molecule has 0 bridgehead atoms. The van der Waals surface area contributed by atoms with Crippen molar-refractivity contribution in [2.45, 2.75) is 46.6 Å². The number of hydrogen-bond donors (Lipinski definition) is 0. The first-order valence-corrected chi connectivity index (χ1v) is 8.28. The SMILES string of the molecule is Cc1cc(C(=O)N(C)Cc2ccc(OC(F)(F)F)cc2)c(C)n1C(C)C. The third-order valence-electron chi connectivity index (χ3n) is 4.15. The first-order valence-electron chi connectivity index (χ1n) is 8.28. The molecule has 0 unspecified atom stereocenters. The van der Waals surface area contributed by atoms with Gasteiger partial charge in [0, 0.05) is 31.0 Å². The van der Waals surface area contributed by atoms with Gasteiger partial charge >= 0.3 is 6.36 Å². The van der Waals surface area contributed by atoms with Crippen LogP contribution in [0.4, 0.5) is 13.2 Å². The molecule has 0 fully saturated rings. The van der Waals surface area contributed by atoms with E-state index in [4.69, 9.17) is 0 Å². The molecule has 1 aromatic carbocycles. The normalized spacial score (nSPS) is 11.7. The zero-order chi connectivity index (χ0) is 19.6.